The molecule has 0 unspecified atom stereocenters. The molecular formula is C19H30ClN3O5S2. The van der Waals surface area contributed by atoms with Crippen molar-refractivity contribution in [1.29, 1.82) is 0 Å². The van der Waals surface area contributed by atoms with Crippen molar-refractivity contribution >= 4 is 38.2 Å². The number of hydrogen-bond acceptors (Lipinski definition) is 6. The summed E-state index contributed by atoms with van der Waals surface area (Å²) >= 11 is 0. The van der Waals surface area contributed by atoms with Gasteiger partial charge in [-0.15, -0.1) is 12.4 Å². The number of carbonyl (C=O) groups is 1. The molecule has 2 heterocycles. The standard InChI is InChI=1S/C19H29N3O5S2.ClH/c1-28(24,25)18-7-5-16(6-8-18)13-19(23)22-12-11-21(29(2,26)27)15-17(22)14-20-9-3-4-10-20;/h5-8,17H,3-4,9-15H2,1-2H3;1H/t17-;/m1./s1. The van der Waals surface area contributed by atoms with Gasteiger partial charge < -0.3 is 9.80 Å². The van der Waals surface area contributed by atoms with Crippen molar-refractivity contribution in [2.75, 3.05) is 51.8 Å². The van der Waals surface area contributed by atoms with Crippen LogP contribution in [-0.4, -0.2) is 94.7 Å². The minimum Gasteiger partial charge on any atom is -0.335 e. The third-order valence-electron chi connectivity index (χ3n) is 5.61. The van der Waals surface area contributed by atoms with Crippen LogP contribution >= 0.6 is 12.4 Å². The van der Waals surface area contributed by atoms with E-state index < -0.39 is 19.9 Å². The van der Waals surface area contributed by atoms with E-state index in [1.54, 1.807) is 17.0 Å². The second-order valence-corrected chi connectivity index (χ2v) is 12.0. The van der Waals surface area contributed by atoms with E-state index in [0.29, 0.717) is 26.2 Å². The van der Waals surface area contributed by atoms with Crippen molar-refractivity contribution in [3.63, 3.8) is 0 Å². The van der Waals surface area contributed by atoms with Crippen LogP contribution in [0.4, 0.5) is 0 Å². The van der Waals surface area contributed by atoms with Gasteiger partial charge in [0.05, 0.1) is 23.6 Å². The first-order valence-corrected chi connectivity index (χ1v) is 13.5. The zero-order chi connectivity index (χ0) is 21.2. The average Bonchev–Trinajstić information content (AvgIpc) is 3.13. The maximum atomic E-state index is 13.0. The van der Waals surface area contributed by atoms with Gasteiger partial charge in [0.25, 0.3) is 0 Å². The molecule has 2 aliphatic rings. The lowest BCUT2D eigenvalue weighted by Gasteiger charge is -2.42. The largest absolute Gasteiger partial charge is 0.335 e. The lowest BCUT2D eigenvalue weighted by atomic mass is 10.1. The minimum absolute atomic E-state index is 0. The predicted molar refractivity (Wildman–Crippen MR) is 118 cm³/mol. The molecule has 0 bridgehead atoms. The van der Waals surface area contributed by atoms with E-state index in [1.807, 2.05) is 0 Å². The molecule has 0 N–H and O–H groups in total. The van der Waals surface area contributed by atoms with Crippen LogP contribution in [-0.2, 0) is 31.1 Å². The Balaban J connectivity index is 0.00000320. The molecule has 0 aliphatic carbocycles. The van der Waals surface area contributed by atoms with Crippen molar-refractivity contribution in [3.05, 3.63) is 29.8 Å². The number of carbonyl (C=O) groups excluding carboxylic acids is 1. The van der Waals surface area contributed by atoms with Crippen LogP contribution in [0.5, 0.6) is 0 Å². The topological polar surface area (TPSA) is 95.1 Å². The maximum Gasteiger partial charge on any atom is 0.227 e. The van der Waals surface area contributed by atoms with Crippen LogP contribution in [0.3, 0.4) is 0 Å². The van der Waals surface area contributed by atoms with Gasteiger partial charge in [0.1, 0.15) is 0 Å². The van der Waals surface area contributed by atoms with Crippen molar-refractivity contribution < 1.29 is 21.6 Å². The summed E-state index contributed by atoms with van der Waals surface area (Å²) < 4.78 is 48.7. The number of nitrogens with zero attached hydrogens (tertiary/aromatic N) is 3. The van der Waals surface area contributed by atoms with Crippen LogP contribution in [0, 0.1) is 0 Å². The molecule has 2 saturated heterocycles. The molecule has 1 amide bonds. The van der Waals surface area contributed by atoms with Gasteiger partial charge in [0, 0.05) is 32.4 Å². The quantitative estimate of drug-likeness (QED) is 0.593. The van der Waals surface area contributed by atoms with E-state index in [1.165, 1.54) is 22.7 Å². The summed E-state index contributed by atoms with van der Waals surface area (Å²) in [5.41, 5.74) is 0.743. The zero-order valence-corrected chi connectivity index (χ0v) is 19.8. The first-order valence-electron chi connectivity index (χ1n) is 9.80. The molecule has 170 valence electrons. The second-order valence-electron chi connectivity index (χ2n) is 7.96. The van der Waals surface area contributed by atoms with Gasteiger partial charge in [-0.05, 0) is 43.6 Å². The molecular weight excluding hydrogens is 450 g/mol. The van der Waals surface area contributed by atoms with Gasteiger partial charge in [-0.25, -0.2) is 16.8 Å². The number of sulfonamides is 1. The van der Waals surface area contributed by atoms with Gasteiger partial charge in [-0.3, -0.25) is 4.79 Å². The first kappa shape index (κ1) is 25.1. The van der Waals surface area contributed by atoms with Gasteiger partial charge >= 0.3 is 0 Å². The van der Waals surface area contributed by atoms with Gasteiger partial charge in [0.15, 0.2) is 9.84 Å². The summed E-state index contributed by atoms with van der Waals surface area (Å²) in [6.07, 6.45) is 4.78. The van der Waals surface area contributed by atoms with Crippen LogP contribution < -0.4 is 0 Å². The number of likely N-dealkylation sites (tertiary alicyclic amines) is 1. The Morgan fingerprint density at radius 3 is 2.10 bits per heavy atom. The highest BCUT2D eigenvalue weighted by molar-refractivity contribution is 7.90. The van der Waals surface area contributed by atoms with Crippen molar-refractivity contribution in [3.8, 4) is 0 Å². The van der Waals surface area contributed by atoms with E-state index >= 15 is 0 Å². The van der Waals surface area contributed by atoms with Crippen LogP contribution in [0.15, 0.2) is 29.2 Å². The Morgan fingerprint density at radius 2 is 1.57 bits per heavy atom. The second kappa shape index (κ2) is 9.95. The van der Waals surface area contributed by atoms with Crippen LogP contribution in [0.1, 0.15) is 18.4 Å². The monoisotopic (exact) mass is 479 g/mol. The van der Waals surface area contributed by atoms with E-state index in [4.69, 9.17) is 0 Å². The number of rotatable bonds is 6. The molecule has 0 aromatic heterocycles. The summed E-state index contributed by atoms with van der Waals surface area (Å²) in [6, 6.07) is 6.18. The number of amides is 1. The number of piperazine rings is 1. The molecule has 30 heavy (non-hydrogen) atoms. The molecule has 0 spiro atoms. The highest BCUT2D eigenvalue weighted by atomic mass is 35.5. The summed E-state index contributed by atoms with van der Waals surface area (Å²) in [6.45, 7) is 3.60. The van der Waals surface area contributed by atoms with E-state index in [2.05, 4.69) is 4.90 Å². The zero-order valence-electron chi connectivity index (χ0n) is 17.4. The molecule has 2 fully saturated rings. The Labute approximate surface area is 185 Å². The summed E-state index contributed by atoms with van der Waals surface area (Å²) in [7, 11) is -6.57. The lowest BCUT2D eigenvalue weighted by molar-refractivity contribution is -0.135. The minimum atomic E-state index is -3.30. The molecule has 3 rings (SSSR count). The predicted octanol–water partition coefficient (Wildman–Crippen LogP) is 0.623. The van der Waals surface area contributed by atoms with E-state index in [9.17, 15) is 21.6 Å². The maximum absolute atomic E-state index is 13.0. The molecule has 2 aliphatic heterocycles. The highest BCUT2D eigenvalue weighted by Gasteiger charge is 2.35. The third-order valence-corrected chi connectivity index (χ3v) is 8.01. The van der Waals surface area contributed by atoms with Crippen molar-refractivity contribution in [1.82, 2.24) is 14.1 Å². The molecule has 1 atom stereocenters. The fourth-order valence-electron chi connectivity index (χ4n) is 4.01. The first-order chi connectivity index (χ1) is 13.5. The Morgan fingerprint density at radius 1 is 0.967 bits per heavy atom. The van der Waals surface area contributed by atoms with Crippen molar-refractivity contribution in [2.24, 2.45) is 0 Å². The smallest absolute Gasteiger partial charge is 0.227 e. The van der Waals surface area contributed by atoms with Gasteiger partial charge in [-0.1, -0.05) is 12.1 Å². The Hall–Kier alpha value is -1.20. The Kier molecular flexibility index (Phi) is 8.31. The summed E-state index contributed by atoms with van der Waals surface area (Å²) in [4.78, 5) is 17.3. The fraction of sp³-hybridized carbons (Fsp3) is 0.632. The SMILES string of the molecule is CS(=O)(=O)c1ccc(CC(=O)N2CCN(S(C)(=O)=O)C[C@H]2CN2CCCC2)cc1.Cl. The van der Waals surface area contributed by atoms with Crippen molar-refractivity contribution in [2.45, 2.75) is 30.2 Å². The van der Waals surface area contributed by atoms with E-state index in [-0.39, 0.29) is 35.7 Å². The average molecular weight is 480 g/mol. The normalized spacial score (nSPS) is 21.4. The number of hydrogen-bond donors (Lipinski definition) is 0. The van der Waals surface area contributed by atoms with Gasteiger partial charge in [0.2, 0.25) is 15.9 Å². The van der Waals surface area contributed by atoms with E-state index in [0.717, 1.165) is 37.8 Å². The number of sulfone groups is 1. The summed E-state index contributed by atoms with van der Waals surface area (Å²) in [5, 5.41) is 0. The summed E-state index contributed by atoms with van der Waals surface area (Å²) in [5.74, 6) is -0.0607. The molecule has 8 nitrogen and oxygen atoms in total. The molecule has 11 heteroatoms. The molecule has 1 aromatic carbocycles. The molecule has 0 saturated carbocycles. The number of benzene rings is 1. The highest BCUT2D eigenvalue weighted by Crippen LogP contribution is 2.19. The molecule has 0 radical (unpaired) electrons. The van der Waals surface area contributed by atoms with Crippen LogP contribution in [0.2, 0.25) is 0 Å². The van der Waals surface area contributed by atoms with Gasteiger partial charge in [-0.2, -0.15) is 4.31 Å². The third kappa shape index (κ3) is 6.40. The number of halogens is 1. The molecule has 1 aromatic rings. The Bertz CT molecular complexity index is 945. The lowest BCUT2D eigenvalue weighted by Crippen LogP contribution is -2.59. The van der Waals surface area contributed by atoms with Crippen LogP contribution in [0.25, 0.3) is 0 Å². The fourth-order valence-corrected chi connectivity index (χ4v) is 5.49.